The Balaban J connectivity index is 1.82. The van der Waals surface area contributed by atoms with Gasteiger partial charge in [0.15, 0.2) is 0 Å². The number of rotatable bonds is 7. The average molecular weight is 268 g/mol. The Kier molecular flexibility index (Phi) is 6.11. The van der Waals surface area contributed by atoms with Crippen molar-refractivity contribution < 1.29 is 5.11 Å². The van der Waals surface area contributed by atoms with E-state index >= 15 is 0 Å². The lowest BCUT2D eigenvalue weighted by Gasteiger charge is -2.37. The second-order valence-electron chi connectivity index (χ2n) is 6.52. The molecule has 0 aromatic heterocycles. The molecule has 19 heavy (non-hydrogen) atoms. The molecule has 1 aliphatic carbocycles. The number of nitrogens with zero attached hydrogens (tertiary/aromatic N) is 1. The molecule has 1 heterocycles. The predicted octanol–water partition coefficient (Wildman–Crippen LogP) is 2.39. The first-order chi connectivity index (χ1) is 9.30. The van der Waals surface area contributed by atoms with Gasteiger partial charge in [-0.05, 0) is 70.6 Å². The summed E-state index contributed by atoms with van der Waals surface area (Å²) in [5.41, 5.74) is 0.0335. The Morgan fingerprint density at radius 2 is 2.00 bits per heavy atom. The van der Waals surface area contributed by atoms with E-state index in [1.807, 2.05) is 0 Å². The van der Waals surface area contributed by atoms with Crippen molar-refractivity contribution in [3.05, 3.63) is 0 Å². The van der Waals surface area contributed by atoms with Gasteiger partial charge >= 0.3 is 0 Å². The lowest BCUT2D eigenvalue weighted by molar-refractivity contribution is 0.108. The van der Waals surface area contributed by atoms with Crippen molar-refractivity contribution in [3.63, 3.8) is 0 Å². The number of piperidine rings is 1. The summed E-state index contributed by atoms with van der Waals surface area (Å²) in [7, 11) is 0. The van der Waals surface area contributed by atoms with Crippen molar-refractivity contribution in [2.24, 2.45) is 5.92 Å². The molecule has 2 unspecified atom stereocenters. The van der Waals surface area contributed by atoms with Crippen LogP contribution in [0.25, 0.3) is 0 Å². The molecule has 0 radical (unpaired) electrons. The van der Waals surface area contributed by atoms with Gasteiger partial charge in [0.05, 0.1) is 6.61 Å². The van der Waals surface area contributed by atoms with E-state index in [4.69, 9.17) is 0 Å². The van der Waals surface area contributed by atoms with Gasteiger partial charge in [0.2, 0.25) is 0 Å². The van der Waals surface area contributed by atoms with E-state index in [9.17, 15) is 5.11 Å². The zero-order valence-corrected chi connectivity index (χ0v) is 12.7. The first-order valence-electron chi connectivity index (χ1n) is 8.39. The van der Waals surface area contributed by atoms with Crippen LogP contribution in [-0.4, -0.2) is 48.3 Å². The van der Waals surface area contributed by atoms with E-state index in [-0.39, 0.29) is 5.54 Å². The van der Waals surface area contributed by atoms with Gasteiger partial charge in [0.1, 0.15) is 0 Å². The largest absolute Gasteiger partial charge is 0.394 e. The molecule has 1 saturated heterocycles. The van der Waals surface area contributed by atoms with Crippen LogP contribution in [0.1, 0.15) is 58.3 Å². The van der Waals surface area contributed by atoms with Gasteiger partial charge in [-0.15, -0.1) is 0 Å². The third-order valence-corrected chi connectivity index (χ3v) is 5.21. The quantitative estimate of drug-likeness (QED) is 0.744. The molecule has 0 spiro atoms. The van der Waals surface area contributed by atoms with Crippen molar-refractivity contribution in [3.8, 4) is 0 Å². The Morgan fingerprint density at radius 3 is 2.68 bits per heavy atom. The van der Waals surface area contributed by atoms with Crippen LogP contribution in [0.5, 0.6) is 0 Å². The van der Waals surface area contributed by atoms with Crippen LogP contribution in [-0.2, 0) is 0 Å². The highest BCUT2D eigenvalue weighted by molar-refractivity contribution is 4.99. The highest BCUT2D eigenvalue weighted by Crippen LogP contribution is 2.38. The number of hydrogen-bond acceptors (Lipinski definition) is 3. The van der Waals surface area contributed by atoms with Crippen molar-refractivity contribution in [2.75, 3.05) is 32.8 Å². The molecule has 2 rings (SSSR count). The Hall–Kier alpha value is -0.120. The third kappa shape index (κ3) is 3.93. The van der Waals surface area contributed by atoms with Crippen LogP contribution in [0.15, 0.2) is 0 Å². The van der Waals surface area contributed by atoms with E-state index in [0.717, 1.165) is 19.4 Å². The summed E-state index contributed by atoms with van der Waals surface area (Å²) in [4.78, 5) is 2.63. The Bertz CT molecular complexity index is 253. The van der Waals surface area contributed by atoms with Gasteiger partial charge in [-0.25, -0.2) is 0 Å². The monoisotopic (exact) mass is 268 g/mol. The van der Waals surface area contributed by atoms with Crippen LogP contribution in [0.4, 0.5) is 0 Å². The van der Waals surface area contributed by atoms with E-state index in [1.165, 1.54) is 58.2 Å². The van der Waals surface area contributed by atoms with E-state index in [1.54, 1.807) is 0 Å². The van der Waals surface area contributed by atoms with E-state index in [0.29, 0.717) is 12.5 Å². The normalized spacial score (nSPS) is 32.8. The van der Waals surface area contributed by atoms with Gasteiger partial charge in [-0.2, -0.15) is 0 Å². The van der Waals surface area contributed by atoms with Gasteiger partial charge in [0.25, 0.3) is 0 Å². The number of aliphatic hydroxyl groups is 1. The maximum Gasteiger partial charge on any atom is 0.0616 e. The molecule has 3 nitrogen and oxygen atoms in total. The standard InChI is InChI=1S/C16H32N2O/c1-2-10-17-16(14-19)9-6-7-15(16)8-13-18-11-4-3-5-12-18/h15,17,19H,2-14H2,1H3. The van der Waals surface area contributed by atoms with Gasteiger partial charge in [0, 0.05) is 5.54 Å². The van der Waals surface area contributed by atoms with Crippen LogP contribution >= 0.6 is 0 Å². The molecule has 2 atom stereocenters. The van der Waals surface area contributed by atoms with Crippen molar-refractivity contribution in [2.45, 2.75) is 63.8 Å². The maximum absolute atomic E-state index is 9.87. The van der Waals surface area contributed by atoms with E-state index < -0.39 is 0 Å². The topological polar surface area (TPSA) is 35.5 Å². The summed E-state index contributed by atoms with van der Waals surface area (Å²) < 4.78 is 0. The highest BCUT2D eigenvalue weighted by Gasteiger charge is 2.41. The first-order valence-corrected chi connectivity index (χ1v) is 8.39. The zero-order valence-electron chi connectivity index (χ0n) is 12.7. The molecular weight excluding hydrogens is 236 g/mol. The molecule has 2 aliphatic rings. The van der Waals surface area contributed by atoms with Gasteiger partial charge in [-0.1, -0.05) is 19.8 Å². The first kappa shape index (κ1) is 15.3. The lowest BCUT2D eigenvalue weighted by Crippen LogP contribution is -2.52. The number of likely N-dealkylation sites (tertiary alicyclic amines) is 1. The number of nitrogens with one attached hydrogen (secondary N) is 1. The van der Waals surface area contributed by atoms with Crippen LogP contribution in [0.2, 0.25) is 0 Å². The summed E-state index contributed by atoms with van der Waals surface area (Å²) in [5, 5.41) is 13.5. The molecule has 2 fully saturated rings. The molecule has 0 bridgehead atoms. The molecule has 0 aromatic rings. The Labute approximate surface area is 118 Å². The second kappa shape index (κ2) is 7.61. The summed E-state index contributed by atoms with van der Waals surface area (Å²) in [6, 6.07) is 0. The SMILES string of the molecule is CCCNC1(CO)CCCC1CCN1CCCCC1. The molecule has 112 valence electrons. The van der Waals surface area contributed by atoms with Crippen LogP contribution < -0.4 is 5.32 Å². The van der Waals surface area contributed by atoms with Crippen LogP contribution in [0.3, 0.4) is 0 Å². The van der Waals surface area contributed by atoms with Gasteiger partial charge < -0.3 is 15.3 Å². The molecule has 3 heteroatoms. The minimum absolute atomic E-state index is 0.0335. The number of aliphatic hydroxyl groups excluding tert-OH is 1. The van der Waals surface area contributed by atoms with Gasteiger partial charge in [-0.3, -0.25) is 0 Å². The minimum Gasteiger partial charge on any atom is -0.394 e. The molecule has 2 N–H and O–H groups in total. The molecule has 1 aliphatic heterocycles. The average Bonchev–Trinajstić information content (AvgIpc) is 2.87. The molecular formula is C16H32N2O. The number of hydrogen-bond donors (Lipinski definition) is 2. The third-order valence-electron chi connectivity index (χ3n) is 5.21. The summed E-state index contributed by atoms with van der Waals surface area (Å²) in [5.74, 6) is 0.672. The van der Waals surface area contributed by atoms with Crippen molar-refractivity contribution in [1.82, 2.24) is 10.2 Å². The van der Waals surface area contributed by atoms with Crippen LogP contribution in [0, 0.1) is 5.92 Å². The van der Waals surface area contributed by atoms with E-state index in [2.05, 4.69) is 17.1 Å². The Morgan fingerprint density at radius 1 is 1.21 bits per heavy atom. The van der Waals surface area contributed by atoms with Crippen molar-refractivity contribution in [1.29, 1.82) is 0 Å². The maximum atomic E-state index is 9.87. The van der Waals surface area contributed by atoms with Crippen molar-refractivity contribution >= 4 is 0 Å². The fraction of sp³-hybridized carbons (Fsp3) is 1.00. The molecule has 1 saturated carbocycles. The molecule has 0 aromatic carbocycles. The summed E-state index contributed by atoms with van der Waals surface area (Å²) in [6.07, 6.45) is 10.3. The summed E-state index contributed by atoms with van der Waals surface area (Å²) >= 11 is 0. The smallest absolute Gasteiger partial charge is 0.0616 e. The summed E-state index contributed by atoms with van der Waals surface area (Å²) in [6.45, 7) is 7.39. The minimum atomic E-state index is 0.0335. The lowest BCUT2D eigenvalue weighted by atomic mass is 9.85. The fourth-order valence-electron chi connectivity index (χ4n) is 3.96. The highest BCUT2D eigenvalue weighted by atomic mass is 16.3. The predicted molar refractivity (Wildman–Crippen MR) is 80.4 cm³/mol. The zero-order chi connectivity index (χ0) is 13.6. The second-order valence-corrected chi connectivity index (χ2v) is 6.52. The fourth-order valence-corrected chi connectivity index (χ4v) is 3.96. The molecule has 0 amide bonds.